The lowest BCUT2D eigenvalue weighted by atomic mass is 9.98. The number of carbonyl (C=O) groups excluding carboxylic acids is 1. The predicted molar refractivity (Wildman–Crippen MR) is 179 cm³/mol. The Hall–Kier alpha value is -4.31. The molecule has 45 heavy (non-hydrogen) atoms. The molecule has 3 heterocycles. The number of aromatic nitrogens is 1. The number of morpholine rings is 1. The van der Waals surface area contributed by atoms with Gasteiger partial charge in [-0.1, -0.05) is 60.3 Å². The van der Waals surface area contributed by atoms with Gasteiger partial charge in [-0.15, -0.1) is 0 Å². The highest BCUT2D eigenvalue weighted by molar-refractivity contribution is 8.26. The molecule has 0 aliphatic carbocycles. The van der Waals surface area contributed by atoms with E-state index in [4.69, 9.17) is 25.3 Å². The maximum atomic E-state index is 13.1. The average molecular weight is 620 g/mol. The summed E-state index contributed by atoms with van der Waals surface area (Å²) in [6, 6.07) is 29.8. The lowest BCUT2D eigenvalue weighted by Gasteiger charge is -2.26. The van der Waals surface area contributed by atoms with Crippen molar-refractivity contribution in [3.8, 4) is 22.8 Å². The molecule has 6 rings (SSSR count). The summed E-state index contributed by atoms with van der Waals surface area (Å²) in [7, 11) is 0. The first-order chi connectivity index (χ1) is 21.9. The van der Waals surface area contributed by atoms with Crippen LogP contribution in [0.15, 0.2) is 91.0 Å². The monoisotopic (exact) mass is 619 g/mol. The Morgan fingerprint density at radius 2 is 1.73 bits per heavy atom. The third-order valence-corrected chi connectivity index (χ3v) is 8.85. The van der Waals surface area contributed by atoms with Crippen molar-refractivity contribution in [3.63, 3.8) is 0 Å². The molecule has 0 bridgehead atoms. The summed E-state index contributed by atoms with van der Waals surface area (Å²) in [5, 5.41) is 16.6. The zero-order valence-corrected chi connectivity index (χ0v) is 26.2. The van der Waals surface area contributed by atoms with Crippen molar-refractivity contribution in [2.75, 3.05) is 32.8 Å². The number of benzene rings is 3. The van der Waals surface area contributed by atoms with Crippen LogP contribution in [0.2, 0.25) is 0 Å². The van der Waals surface area contributed by atoms with Crippen molar-refractivity contribution in [2.24, 2.45) is 0 Å². The molecule has 1 atom stereocenters. The SMILES string of the molecule is CC(=N)SC(=N)c1ccc(Oc2cc(-c3cccc(CN4CCOCC4)n3)ccc2CN2C[C@H](c3ccccc3)CC2=O)cc1. The Morgan fingerprint density at radius 1 is 0.956 bits per heavy atom. The number of hydrogen-bond donors (Lipinski definition) is 2. The number of nitrogens with zero attached hydrogens (tertiary/aromatic N) is 3. The van der Waals surface area contributed by atoms with Gasteiger partial charge in [0.2, 0.25) is 5.91 Å². The normalized spacial score (nSPS) is 17.0. The van der Waals surface area contributed by atoms with E-state index in [1.807, 2.05) is 71.6 Å². The van der Waals surface area contributed by atoms with E-state index in [-0.39, 0.29) is 11.8 Å². The first-order valence-electron chi connectivity index (χ1n) is 15.2. The zero-order valence-electron chi connectivity index (χ0n) is 25.4. The molecule has 0 saturated carbocycles. The first-order valence-corrected chi connectivity index (χ1v) is 16.0. The standard InChI is InChI=1S/C36H37N5O3S/c1-25(37)45-36(38)27-12-14-32(15-13-27)44-34-20-28(33-9-5-8-31(39-33)24-40-16-18-43-19-17-40)10-11-29(34)22-41-23-30(21-35(41)42)26-6-3-2-4-7-26/h2-15,20,30,37-38H,16-19,21-24H2,1H3/t30-/m1/s1. The first kappa shape index (κ1) is 30.7. The van der Waals surface area contributed by atoms with Gasteiger partial charge in [0.1, 0.15) is 16.5 Å². The molecule has 2 fully saturated rings. The molecule has 0 spiro atoms. The van der Waals surface area contributed by atoms with Gasteiger partial charge in [-0.3, -0.25) is 25.5 Å². The summed E-state index contributed by atoms with van der Waals surface area (Å²) < 4.78 is 12.0. The van der Waals surface area contributed by atoms with Crippen LogP contribution < -0.4 is 4.74 Å². The number of carbonyl (C=O) groups is 1. The molecule has 2 saturated heterocycles. The fourth-order valence-corrected chi connectivity index (χ4v) is 6.31. The van der Waals surface area contributed by atoms with E-state index in [0.717, 1.165) is 72.7 Å². The van der Waals surface area contributed by atoms with E-state index in [1.165, 1.54) is 5.56 Å². The highest BCUT2D eigenvalue weighted by Gasteiger charge is 2.31. The number of amides is 1. The lowest BCUT2D eigenvalue weighted by molar-refractivity contribution is -0.128. The fourth-order valence-electron chi connectivity index (χ4n) is 5.75. The topological polar surface area (TPSA) is 103 Å². The van der Waals surface area contributed by atoms with Crippen LogP contribution in [-0.4, -0.2) is 63.6 Å². The molecule has 8 nitrogen and oxygen atoms in total. The summed E-state index contributed by atoms with van der Waals surface area (Å²) >= 11 is 1.12. The van der Waals surface area contributed by atoms with E-state index in [1.54, 1.807) is 6.92 Å². The van der Waals surface area contributed by atoms with Gasteiger partial charge in [-0.05, 0) is 55.0 Å². The van der Waals surface area contributed by atoms with Crippen LogP contribution in [-0.2, 0) is 22.6 Å². The van der Waals surface area contributed by atoms with Crippen molar-refractivity contribution in [2.45, 2.75) is 32.4 Å². The van der Waals surface area contributed by atoms with E-state index < -0.39 is 0 Å². The van der Waals surface area contributed by atoms with Crippen LogP contribution in [0.25, 0.3) is 11.3 Å². The van der Waals surface area contributed by atoms with Gasteiger partial charge in [-0.2, -0.15) is 0 Å². The van der Waals surface area contributed by atoms with Crippen molar-refractivity contribution in [3.05, 3.63) is 113 Å². The number of rotatable bonds is 9. The second-order valence-corrected chi connectivity index (χ2v) is 12.6. The van der Waals surface area contributed by atoms with Gasteiger partial charge >= 0.3 is 0 Å². The number of likely N-dealkylation sites (tertiary alicyclic amines) is 1. The molecule has 0 radical (unpaired) electrons. The third-order valence-electron chi connectivity index (χ3n) is 8.11. The van der Waals surface area contributed by atoms with Crippen LogP contribution in [0.3, 0.4) is 0 Å². The number of hydrogen-bond acceptors (Lipinski definition) is 8. The highest BCUT2D eigenvalue weighted by atomic mass is 32.2. The Balaban J connectivity index is 1.26. The highest BCUT2D eigenvalue weighted by Crippen LogP contribution is 2.35. The molecular formula is C36H37N5O3S. The zero-order chi connectivity index (χ0) is 31.2. The van der Waals surface area contributed by atoms with Gasteiger partial charge < -0.3 is 14.4 Å². The summed E-state index contributed by atoms with van der Waals surface area (Å²) in [5.74, 6) is 1.60. The molecule has 4 aromatic rings. The molecule has 2 N–H and O–H groups in total. The molecule has 1 aromatic heterocycles. The van der Waals surface area contributed by atoms with E-state index >= 15 is 0 Å². The predicted octanol–water partition coefficient (Wildman–Crippen LogP) is 6.94. The van der Waals surface area contributed by atoms with Gasteiger partial charge in [0.05, 0.1) is 29.6 Å². The van der Waals surface area contributed by atoms with Crippen LogP contribution in [0.1, 0.15) is 41.6 Å². The van der Waals surface area contributed by atoms with Crippen LogP contribution in [0.4, 0.5) is 0 Å². The molecule has 3 aromatic carbocycles. The molecule has 2 aliphatic rings. The Bertz CT molecular complexity index is 1670. The summed E-state index contributed by atoms with van der Waals surface area (Å²) in [6.07, 6.45) is 0.499. The molecular weight excluding hydrogens is 582 g/mol. The number of ether oxygens (including phenoxy) is 2. The summed E-state index contributed by atoms with van der Waals surface area (Å²) in [4.78, 5) is 22.4. The van der Waals surface area contributed by atoms with Crippen molar-refractivity contribution < 1.29 is 14.3 Å². The molecule has 0 unspecified atom stereocenters. The number of nitrogens with one attached hydrogen (secondary N) is 2. The average Bonchev–Trinajstić information content (AvgIpc) is 3.42. The van der Waals surface area contributed by atoms with E-state index in [2.05, 4.69) is 29.2 Å². The van der Waals surface area contributed by atoms with E-state index in [0.29, 0.717) is 41.1 Å². The van der Waals surface area contributed by atoms with E-state index in [9.17, 15) is 4.79 Å². The van der Waals surface area contributed by atoms with Gasteiger partial charge in [0.15, 0.2) is 0 Å². The Morgan fingerprint density at radius 3 is 2.49 bits per heavy atom. The molecule has 9 heteroatoms. The fraction of sp³-hybridized carbons (Fsp3) is 0.278. The smallest absolute Gasteiger partial charge is 0.223 e. The maximum absolute atomic E-state index is 13.1. The molecule has 230 valence electrons. The largest absolute Gasteiger partial charge is 0.457 e. The second-order valence-electron chi connectivity index (χ2n) is 11.4. The van der Waals surface area contributed by atoms with Crippen LogP contribution >= 0.6 is 11.8 Å². The minimum atomic E-state index is 0.137. The Kier molecular flexibility index (Phi) is 9.69. The number of thioether (sulfide) groups is 1. The van der Waals surface area contributed by atoms with Crippen LogP contribution in [0, 0.1) is 10.8 Å². The van der Waals surface area contributed by atoms with Crippen LogP contribution in [0.5, 0.6) is 11.5 Å². The quantitative estimate of drug-likeness (QED) is 0.155. The van der Waals surface area contributed by atoms with Gasteiger partial charge in [-0.25, -0.2) is 0 Å². The second kappa shape index (κ2) is 14.2. The van der Waals surface area contributed by atoms with Crippen molar-refractivity contribution in [1.29, 1.82) is 10.8 Å². The minimum Gasteiger partial charge on any atom is -0.457 e. The lowest BCUT2D eigenvalue weighted by Crippen LogP contribution is -2.35. The van der Waals surface area contributed by atoms with Crippen molar-refractivity contribution >= 4 is 27.8 Å². The molecule has 1 amide bonds. The summed E-state index contributed by atoms with van der Waals surface area (Å²) in [6.45, 7) is 6.85. The van der Waals surface area contributed by atoms with Crippen molar-refractivity contribution in [1.82, 2.24) is 14.8 Å². The Labute approximate surface area is 268 Å². The van der Waals surface area contributed by atoms with Gasteiger partial charge in [0.25, 0.3) is 0 Å². The third kappa shape index (κ3) is 7.86. The maximum Gasteiger partial charge on any atom is 0.223 e. The summed E-state index contributed by atoms with van der Waals surface area (Å²) in [5.41, 5.74) is 5.63. The molecule has 2 aliphatic heterocycles. The number of pyridine rings is 1. The minimum absolute atomic E-state index is 0.137. The van der Waals surface area contributed by atoms with Gasteiger partial charge in [0, 0.05) is 61.8 Å².